The predicted octanol–water partition coefficient (Wildman–Crippen LogP) is 1.16. The smallest absolute Gasteiger partial charge is 0.0594 e. The highest BCUT2D eigenvalue weighted by molar-refractivity contribution is 4.88. The molecule has 0 aromatic carbocycles. The van der Waals surface area contributed by atoms with Crippen LogP contribution < -0.4 is 5.73 Å². The van der Waals surface area contributed by atoms with Crippen LogP contribution in [0.1, 0.15) is 33.1 Å². The van der Waals surface area contributed by atoms with Crippen LogP contribution in [0.2, 0.25) is 0 Å². The van der Waals surface area contributed by atoms with Crippen LogP contribution in [0, 0.1) is 5.41 Å². The summed E-state index contributed by atoms with van der Waals surface area (Å²) < 4.78 is 5.44. The van der Waals surface area contributed by atoms with Gasteiger partial charge in [0.1, 0.15) is 0 Å². The molecule has 2 aliphatic heterocycles. The molecule has 2 unspecified atom stereocenters. The van der Waals surface area contributed by atoms with Crippen LogP contribution in [0.4, 0.5) is 0 Å². The first kappa shape index (κ1) is 15.2. The molecule has 0 saturated carbocycles. The quantitative estimate of drug-likeness (QED) is 0.786. The minimum atomic E-state index is 0.300. The van der Waals surface area contributed by atoms with Gasteiger partial charge in [0.05, 0.1) is 13.2 Å². The van der Waals surface area contributed by atoms with Crippen molar-refractivity contribution in [2.24, 2.45) is 11.1 Å². The van der Waals surface area contributed by atoms with Gasteiger partial charge in [0.2, 0.25) is 0 Å². The van der Waals surface area contributed by atoms with Crippen molar-refractivity contribution >= 4 is 0 Å². The van der Waals surface area contributed by atoms with Gasteiger partial charge in [-0.3, -0.25) is 4.90 Å². The number of nitrogens with zero attached hydrogens (tertiary/aromatic N) is 2. The van der Waals surface area contributed by atoms with Crippen LogP contribution in [0.25, 0.3) is 0 Å². The van der Waals surface area contributed by atoms with E-state index in [0.29, 0.717) is 5.41 Å². The van der Waals surface area contributed by atoms with Crippen LogP contribution in [0.5, 0.6) is 0 Å². The highest BCUT2D eigenvalue weighted by Crippen LogP contribution is 2.26. The Hall–Kier alpha value is -0.160. The number of hydrogen-bond donors (Lipinski definition) is 1. The van der Waals surface area contributed by atoms with Crippen molar-refractivity contribution < 1.29 is 4.74 Å². The highest BCUT2D eigenvalue weighted by atomic mass is 16.5. The molecule has 0 aliphatic carbocycles. The van der Waals surface area contributed by atoms with Crippen molar-refractivity contribution in [2.75, 3.05) is 52.5 Å². The van der Waals surface area contributed by atoms with E-state index in [1.165, 1.54) is 32.4 Å². The summed E-state index contributed by atoms with van der Waals surface area (Å²) in [6, 6.07) is 0.743. The summed E-state index contributed by atoms with van der Waals surface area (Å²) in [5, 5.41) is 0. The molecule has 19 heavy (non-hydrogen) atoms. The Balaban J connectivity index is 1.80. The Morgan fingerprint density at radius 3 is 2.63 bits per heavy atom. The fraction of sp³-hybridized carbons (Fsp3) is 1.00. The first-order chi connectivity index (χ1) is 9.17. The molecule has 2 heterocycles. The van der Waals surface area contributed by atoms with Crippen LogP contribution >= 0.6 is 0 Å². The summed E-state index contributed by atoms with van der Waals surface area (Å²) in [7, 11) is 0. The number of rotatable bonds is 6. The van der Waals surface area contributed by atoms with E-state index in [1.807, 2.05) is 0 Å². The van der Waals surface area contributed by atoms with Crippen molar-refractivity contribution in [1.29, 1.82) is 0 Å². The lowest BCUT2D eigenvalue weighted by Crippen LogP contribution is -2.46. The molecular weight excluding hydrogens is 238 g/mol. The molecule has 2 aliphatic rings. The zero-order valence-electron chi connectivity index (χ0n) is 12.7. The number of hydrogen-bond acceptors (Lipinski definition) is 4. The number of likely N-dealkylation sites (tertiary alicyclic amines) is 1. The molecule has 2 fully saturated rings. The maximum absolute atomic E-state index is 6.00. The molecule has 0 aromatic heterocycles. The number of nitrogens with two attached hydrogens (primary N) is 1. The van der Waals surface area contributed by atoms with Gasteiger partial charge in [-0.15, -0.1) is 0 Å². The fourth-order valence-corrected chi connectivity index (χ4v) is 3.59. The minimum absolute atomic E-state index is 0.300. The first-order valence-corrected chi connectivity index (χ1v) is 7.91. The SMILES string of the molecule is CCCC(C)(CN)CN1CCC(N2CCOCC2)C1. The number of ether oxygens (including phenoxy) is 1. The highest BCUT2D eigenvalue weighted by Gasteiger charge is 2.32. The standard InChI is InChI=1S/C15H31N3O/c1-3-5-15(2,12-16)13-17-6-4-14(11-17)18-7-9-19-10-8-18/h14H,3-13,16H2,1-2H3. The predicted molar refractivity (Wildman–Crippen MR) is 79.3 cm³/mol. The van der Waals surface area contributed by atoms with E-state index < -0.39 is 0 Å². The summed E-state index contributed by atoms with van der Waals surface area (Å²) in [5.41, 5.74) is 6.30. The van der Waals surface area contributed by atoms with Crippen LogP contribution in [0.15, 0.2) is 0 Å². The summed E-state index contributed by atoms with van der Waals surface area (Å²) in [5.74, 6) is 0. The van der Waals surface area contributed by atoms with E-state index in [4.69, 9.17) is 10.5 Å². The second-order valence-electron chi connectivity index (χ2n) is 6.59. The summed E-state index contributed by atoms with van der Waals surface area (Å²) in [6.45, 7) is 13.1. The van der Waals surface area contributed by atoms with E-state index in [1.54, 1.807) is 0 Å². The molecule has 0 spiro atoms. The van der Waals surface area contributed by atoms with E-state index in [0.717, 1.165) is 45.4 Å². The molecule has 112 valence electrons. The molecular formula is C15H31N3O. The third-order valence-corrected chi connectivity index (χ3v) is 4.76. The second kappa shape index (κ2) is 7.02. The second-order valence-corrected chi connectivity index (χ2v) is 6.59. The van der Waals surface area contributed by atoms with Gasteiger partial charge < -0.3 is 15.4 Å². The van der Waals surface area contributed by atoms with Crippen molar-refractivity contribution in [3.63, 3.8) is 0 Å². The molecule has 2 saturated heterocycles. The van der Waals surface area contributed by atoms with E-state index in [2.05, 4.69) is 23.6 Å². The zero-order chi connectivity index (χ0) is 13.7. The zero-order valence-corrected chi connectivity index (χ0v) is 12.7. The van der Waals surface area contributed by atoms with E-state index in [9.17, 15) is 0 Å². The Morgan fingerprint density at radius 2 is 2.00 bits per heavy atom. The van der Waals surface area contributed by atoms with Gasteiger partial charge >= 0.3 is 0 Å². The average Bonchev–Trinajstić information content (AvgIpc) is 2.88. The van der Waals surface area contributed by atoms with Crippen molar-refractivity contribution in [3.8, 4) is 0 Å². The molecule has 2 rings (SSSR count). The third-order valence-electron chi connectivity index (χ3n) is 4.76. The van der Waals surface area contributed by atoms with Gasteiger partial charge in [0, 0.05) is 32.2 Å². The normalized spacial score (nSPS) is 29.5. The Labute approximate surface area is 118 Å². The topological polar surface area (TPSA) is 41.7 Å². The van der Waals surface area contributed by atoms with Gasteiger partial charge in [-0.2, -0.15) is 0 Å². The van der Waals surface area contributed by atoms with Gasteiger partial charge in [-0.25, -0.2) is 0 Å². The lowest BCUT2D eigenvalue weighted by Gasteiger charge is -2.34. The minimum Gasteiger partial charge on any atom is -0.379 e. The lowest BCUT2D eigenvalue weighted by molar-refractivity contribution is 0.0177. The first-order valence-electron chi connectivity index (χ1n) is 7.91. The number of morpholine rings is 1. The summed E-state index contributed by atoms with van der Waals surface area (Å²) in [6.07, 6.45) is 3.78. The lowest BCUT2D eigenvalue weighted by atomic mass is 9.85. The fourth-order valence-electron chi connectivity index (χ4n) is 3.59. The van der Waals surface area contributed by atoms with Gasteiger partial charge in [-0.1, -0.05) is 20.3 Å². The molecule has 0 bridgehead atoms. The molecule has 4 nitrogen and oxygen atoms in total. The van der Waals surface area contributed by atoms with Crippen LogP contribution in [-0.4, -0.2) is 68.3 Å². The summed E-state index contributed by atoms with van der Waals surface area (Å²) >= 11 is 0. The largest absolute Gasteiger partial charge is 0.379 e. The monoisotopic (exact) mass is 269 g/mol. The maximum Gasteiger partial charge on any atom is 0.0594 e. The van der Waals surface area contributed by atoms with Crippen molar-refractivity contribution in [3.05, 3.63) is 0 Å². The van der Waals surface area contributed by atoms with Gasteiger partial charge in [-0.05, 0) is 31.3 Å². The molecule has 0 aromatic rings. The van der Waals surface area contributed by atoms with Gasteiger partial charge in [0.15, 0.2) is 0 Å². The molecule has 0 amide bonds. The van der Waals surface area contributed by atoms with Crippen LogP contribution in [0.3, 0.4) is 0 Å². The molecule has 2 atom stereocenters. The van der Waals surface area contributed by atoms with E-state index in [-0.39, 0.29) is 0 Å². The van der Waals surface area contributed by atoms with Crippen LogP contribution in [-0.2, 0) is 4.74 Å². The Kier molecular flexibility index (Phi) is 5.63. The summed E-state index contributed by atoms with van der Waals surface area (Å²) in [4.78, 5) is 5.24. The average molecular weight is 269 g/mol. The maximum atomic E-state index is 6.00. The van der Waals surface area contributed by atoms with Gasteiger partial charge in [0.25, 0.3) is 0 Å². The molecule has 2 N–H and O–H groups in total. The Morgan fingerprint density at radius 1 is 1.26 bits per heavy atom. The van der Waals surface area contributed by atoms with E-state index >= 15 is 0 Å². The molecule has 0 radical (unpaired) electrons. The Bertz CT molecular complexity index is 268. The third kappa shape index (κ3) is 4.15. The van der Waals surface area contributed by atoms with Crippen molar-refractivity contribution in [2.45, 2.75) is 39.2 Å². The van der Waals surface area contributed by atoms with Crippen molar-refractivity contribution in [1.82, 2.24) is 9.80 Å². The molecule has 4 heteroatoms.